The second kappa shape index (κ2) is 3.82. The molecule has 1 aromatic rings. The number of benzene rings is 1. The molecule has 0 aliphatic carbocycles. The van der Waals surface area contributed by atoms with Crippen LogP contribution in [0.1, 0.15) is 6.42 Å². The summed E-state index contributed by atoms with van der Waals surface area (Å²) in [4.78, 5) is 15.7. The molecule has 0 bridgehead atoms. The lowest BCUT2D eigenvalue weighted by Gasteiger charge is -2.02. The first-order chi connectivity index (χ1) is 8.27. The van der Waals surface area contributed by atoms with Gasteiger partial charge in [0, 0.05) is 11.8 Å². The van der Waals surface area contributed by atoms with Crippen LogP contribution in [-0.4, -0.2) is 24.2 Å². The van der Waals surface area contributed by atoms with Gasteiger partial charge in [-0.1, -0.05) is 18.2 Å². The van der Waals surface area contributed by atoms with Crippen LogP contribution in [0, 0.1) is 0 Å². The predicted molar refractivity (Wildman–Crippen MR) is 62.8 cm³/mol. The lowest BCUT2D eigenvalue weighted by Crippen LogP contribution is -2.23. The van der Waals surface area contributed by atoms with Gasteiger partial charge in [-0.25, -0.2) is 9.79 Å². The highest BCUT2D eigenvalue weighted by Gasteiger charge is 2.23. The molecule has 2 aliphatic heterocycles. The minimum absolute atomic E-state index is 0.369. The van der Waals surface area contributed by atoms with Gasteiger partial charge in [-0.05, 0) is 24.6 Å². The number of carbonyl (C=O) groups is 1. The standard InChI is InChI=1S/C13H12N2O2/c16-13(17)10-7-14-6-5-9-8-3-1-2-4-11(8)15-12(9)10/h1-4,14H,5-7H2,(H,16,17). The molecule has 0 radical (unpaired) electrons. The number of hydrogen-bond acceptors (Lipinski definition) is 3. The van der Waals surface area contributed by atoms with Crippen LogP contribution in [0.5, 0.6) is 0 Å². The van der Waals surface area contributed by atoms with E-state index in [1.54, 1.807) is 0 Å². The van der Waals surface area contributed by atoms with E-state index in [1.807, 2.05) is 24.3 Å². The van der Waals surface area contributed by atoms with Gasteiger partial charge in [0.2, 0.25) is 0 Å². The Labute approximate surface area is 98.0 Å². The number of fused-ring (bicyclic) bond motifs is 2. The van der Waals surface area contributed by atoms with E-state index in [0.29, 0.717) is 17.8 Å². The van der Waals surface area contributed by atoms with Crippen molar-refractivity contribution in [2.75, 3.05) is 13.1 Å². The molecule has 86 valence electrons. The number of para-hydroxylation sites is 1. The van der Waals surface area contributed by atoms with Crippen molar-refractivity contribution in [3.63, 3.8) is 0 Å². The molecule has 3 rings (SSSR count). The zero-order chi connectivity index (χ0) is 11.8. The molecule has 0 amide bonds. The Bertz CT molecular complexity index is 644. The Morgan fingerprint density at radius 3 is 3.00 bits per heavy atom. The van der Waals surface area contributed by atoms with Crippen molar-refractivity contribution in [3.05, 3.63) is 46.1 Å². The fraction of sp³-hybridized carbons (Fsp3) is 0.231. The molecule has 2 heterocycles. The molecule has 1 aromatic carbocycles. The minimum atomic E-state index is -0.886. The first-order valence-electron chi connectivity index (χ1n) is 5.62. The van der Waals surface area contributed by atoms with Crippen molar-refractivity contribution < 1.29 is 9.90 Å². The molecule has 0 aromatic heterocycles. The molecule has 0 spiro atoms. The minimum Gasteiger partial charge on any atom is -0.478 e. The molecule has 0 saturated carbocycles. The first-order valence-corrected chi connectivity index (χ1v) is 5.62. The quantitative estimate of drug-likeness (QED) is 0.700. The molecule has 2 N–H and O–H groups in total. The van der Waals surface area contributed by atoms with Crippen LogP contribution in [0.25, 0.3) is 5.57 Å². The molecule has 4 nitrogen and oxygen atoms in total. The third-order valence-corrected chi connectivity index (χ3v) is 3.14. The number of carboxylic acids is 1. The summed E-state index contributed by atoms with van der Waals surface area (Å²) in [6.45, 7) is 1.17. The third kappa shape index (κ3) is 1.57. The van der Waals surface area contributed by atoms with Crippen molar-refractivity contribution in [2.45, 2.75) is 6.42 Å². The van der Waals surface area contributed by atoms with Crippen molar-refractivity contribution in [1.82, 2.24) is 5.32 Å². The molecule has 4 heteroatoms. The number of nitrogens with zero attached hydrogens (tertiary/aromatic N) is 1. The maximum atomic E-state index is 11.2. The summed E-state index contributed by atoms with van der Waals surface area (Å²) >= 11 is 0. The second-order valence-corrected chi connectivity index (χ2v) is 4.17. The molecule has 0 atom stereocenters. The van der Waals surface area contributed by atoms with Crippen molar-refractivity contribution >= 4 is 11.5 Å². The number of aliphatic carboxylic acids is 1. The number of nitrogens with one attached hydrogen (secondary N) is 1. The summed E-state index contributed by atoms with van der Waals surface area (Å²) in [7, 11) is 0. The SMILES string of the molecule is O=C(O)C1=C2N=c3ccccc3=C2CCNC1. The molecule has 17 heavy (non-hydrogen) atoms. The largest absolute Gasteiger partial charge is 0.478 e. The summed E-state index contributed by atoms with van der Waals surface area (Å²) in [5, 5.41) is 14.3. The van der Waals surface area contributed by atoms with E-state index in [1.165, 1.54) is 0 Å². The van der Waals surface area contributed by atoms with Gasteiger partial charge in [-0.3, -0.25) is 0 Å². The van der Waals surface area contributed by atoms with Crippen LogP contribution >= 0.6 is 0 Å². The smallest absolute Gasteiger partial charge is 0.335 e. The van der Waals surface area contributed by atoms with E-state index < -0.39 is 5.97 Å². The van der Waals surface area contributed by atoms with Gasteiger partial charge in [0.15, 0.2) is 0 Å². The van der Waals surface area contributed by atoms with Gasteiger partial charge >= 0.3 is 5.97 Å². The highest BCUT2D eigenvalue weighted by Crippen LogP contribution is 2.23. The van der Waals surface area contributed by atoms with E-state index in [-0.39, 0.29) is 0 Å². The molecular formula is C13H12N2O2. The van der Waals surface area contributed by atoms with Crippen LogP contribution in [0.2, 0.25) is 0 Å². The highest BCUT2D eigenvalue weighted by molar-refractivity contribution is 5.92. The lowest BCUT2D eigenvalue weighted by molar-refractivity contribution is -0.132. The van der Waals surface area contributed by atoms with Gasteiger partial charge in [0.25, 0.3) is 0 Å². The Kier molecular flexibility index (Phi) is 2.30. The molecule has 2 aliphatic rings. The lowest BCUT2D eigenvalue weighted by atomic mass is 10.0. The fourth-order valence-corrected chi connectivity index (χ4v) is 2.33. The third-order valence-electron chi connectivity index (χ3n) is 3.14. The van der Waals surface area contributed by atoms with Crippen LogP contribution in [0.15, 0.2) is 40.5 Å². The number of hydrogen-bond donors (Lipinski definition) is 2. The molecule has 0 unspecified atom stereocenters. The van der Waals surface area contributed by atoms with Crippen molar-refractivity contribution in [3.8, 4) is 0 Å². The van der Waals surface area contributed by atoms with E-state index in [2.05, 4.69) is 10.3 Å². The monoisotopic (exact) mass is 228 g/mol. The first kappa shape index (κ1) is 10.2. The Morgan fingerprint density at radius 1 is 1.35 bits per heavy atom. The van der Waals surface area contributed by atoms with E-state index >= 15 is 0 Å². The summed E-state index contributed by atoms with van der Waals surface area (Å²) in [6, 6.07) is 7.82. The van der Waals surface area contributed by atoms with Crippen LogP contribution in [0.3, 0.4) is 0 Å². The zero-order valence-corrected chi connectivity index (χ0v) is 9.23. The molecule has 0 fully saturated rings. The van der Waals surface area contributed by atoms with Gasteiger partial charge in [-0.2, -0.15) is 0 Å². The maximum absolute atomic E-state index is 11.2. The van der Waals surface area contributed by atoms with Gasteiger partial charge in [-0.15, -0.1) is 0 Å². The van der Waals surface area contributed by atoms with Gasteiger partial charge < -0.3 is 10.4 Å². The van der Waals surface area contributed by atoms with Crippen LogP contribution < -0.4 is 15.9 Å². The van der Waals surface area contributed by atoms with Crippen molar-refractivity contribution in [2.24, 2.45) is 4.99 Å². The summed E-state index contributed by atoms with van der Waals surface area (Å²) < 4.78 is 0. The van der Waals surface area contributed by atoms with E-state index in [4.69, 9.17) is 0 Å². The van der Waals surface area contributed by atoms with Crippen LogP contribution in [0.4, 0.5) is 0 Å². The maximum Gasteiger partial charge on any atom is 0.335 e. The van der Waals surface area contributed by atoms with E-state index in [0.717, 1.165) is 29.1 Å². The van der Waals surface area contributed by atoms with Gasteiger partial charge in [0.1, 0.15) is 0 Å². The summed E-state index contributed by atoms with van der Waals surface area (Å²) in [6.07, 6.45) is 0.826. The highest BCUT2D eigenvalue weighted by atomic mass is 16.4. The molecule has 0 saturated heterocycles. The van der Waals surface area contributed by atoms with Gasteiger partial charge in [0.05, 0.1) is 16.6 Å². The average molecular weight is 228 g/mol. The van der Waals surface area contributed by atoms with Crippen molar-refractivity contribution in [1.29, 1.82) is 0 Å². The Morgan fingerprint density at radius 2 is 2.18 bits per heavy atom. The second-order valence-electron chi connectivity index (χ2n) is 4.17. The number of rotatable bonds is 1. The predicted octanol–water partition coefficient (Wildman–Crippen LogP) is -0.197. The van der Waals surface area contributed by atoms with Crippen LogP contribution in [-0.2, 0) is 4.79 Å². The zero-order valence-electron chi connectivity index (χ0n) is 9.23. The number of carboxylic acid groups (broad SMARTS) is 1. The Balaban J connectivity index is 2.34. The summed E-state index contributed by atoms with van der Waals surface area (Å²) in [5.41, 5.74) is 2.08. The van der Waals surface area contributed by atoms with E-state index in [9.17, 15) is 9.90 Å². The normalized spacial score (nSPS) is 18.2. The number of allylic oxidation sites excluding steroid dienone is 1. The Hall–Kier alpha value is -1.94. The molecular weight excluding hydrogens is 216 g/mol. The average Bonchev–Trinajstić information content (AvgIpc) is 2.54. The summed E-state index contributed by atoms with van der Waals surface area (Å²) in [5.74, 6) is -0.886. The fourth-order valence-electron chi connectivity index (χ4n) is 2.33. The topological polar surface area (TPSA) is 61.7 Å².